The first-order chi connectivity index (χ1) is 14.0. The van der Waals surface area contributed by atoms with Crippen molar-refractivity contribution in [2.24, 2.45) is 7.05 Å². The van der Waals surface area contributed by atoms with Crippen LogP contribution in [0.3, 0.4) is 0 Å². The van der Waals surface area contributed by atoms with Gasteiger partial charge in [-0.1, -0.05) is 6.07 Å². The van der Waals surface area contributed by atoms with Crippen LogP contribution in [0.2, 0.25) is 0 Å². The molecule has 1 atom stereocenters. The number of thioether (sulfide) groups is 1. The number of hydrogen-bond acceptors (Lipinski definition) is 7. The molecule has 160 valence electrons. The summed E-state index contributed by atoms with van der Waals surface area (Å²) in [4.78, 5) is 4.52. The van der Waals surface area contributed by atoms with Crippen molar-refractivity contribution in [3.05, 3.63) is 41.7 Å². The highest BCUT2D eigenvalue weighted by Gasteiger charge is 2.16. The third-order valence-corrected chi connectivity index (χ3v) is 5.84. The Labute approximate surface area is 177 Å². The summed E-state index contributed by atoms with van der Waals surface area (Å²) >= 11 is 1.97. The van der Waals surface area contributed by atoms with Crippen molar-refractivity contribution in [3.8, 4) is 11.5 Å². The van der Waals surface area contributed by atoms with Gasteiger partial charge in [-0.15, -0.1) is 0 Å². The molecule has 1 aliphatic rings. The fourth-order valence-electron chi connectivity index (χ4n) is 3.48. The maximum Gasteiger partial charge on any atom is 0.161 e. The molecule has 1 aromatic carbocycles. The van der Waals surface area contributed by atoms with E-state index in [9.17, 15) is 5.11 Å². The quantitative estimate of drug-likeness (QED) is 0.629. The summed E-state index contributed by atoms with van der Waals surface area (Å²) < 4.78 is 13.2. The van der Waals surface area contributed by atoms with Crippen molar-refractivity contribution in [1.29, 1.82) is 0 Å². The number of ether oxygens (including phenoxy) is 2. The van der Waals surface area contributed by atoms with Gasteiger partial charge in [-0.2, -0.15) is 16.9 Å². The molecule has 0 aliphatic carbocycles. The molecule has 1 fully saturated rings. The van der Waals surface area contributed by atoms with Gasteiger partial charge in [0.15, 0.2) is 11.5 Å². The predicted octanol–water partition coefficient (Wildman–Crippen LogP) is 1.85. The van der Waals surface area contributed by atoms with Crippen LogP contribution in [0, 0.1) is 0 Å². The molecule has 0 radical (unpaired) electrons. The van der Waals surface area contributed by atoms with Crippen molar-refractivity contribution in [2.75, 3.05) is 51.9 Å². The molecular weight excluding hydrogens is 388 g/mol. The van der Waals surface area contributed by atoms with Gasteiger partial charge < -0.3 is 14.6 Å². The summed E-state index contributed by atoms with van der Waals surface area (Å²) in [6.07, 6.45) is 3.41. The molecule has 29 heavy (non-hydrogen) atoms. The van der Waals surface area contributed by atoms with Crippen molar-refractivity contribution in [1.82, 2.24) is 19.6 Å². The fraction of sp³-hybridized carbons (Fsp3) is 0.571. The predicted molar refractivity (Wildman–Crippen MR) is 117 cm³/mol. The van der Waals surface area contributed by atoms with Crippen LogP contribution < -0.4 is 9.47 Å². The van der Waals surface area contributed by atoms with Crippen LogP contribution in [0.1, 0.15) is 11.1 Å². The Morgan fingerprint density at radius 2 is 1.97 bits per heavy atom. The molecule has 0 bridgehead atoms. The average Bonchev–Trinajstić information content (AvgIpc) is 3.12. The topological polar surface area (TPSA) is 63.0 Å². The number of nitrogens with zero attached hydrogens (tertiary/aromatic N) is 4. The Morgan fingerprint density at radius 1 is 1.21 bits per heavy atom. The molecule has 1 aliphatic heterocycles. The maximum atomic E-state index is 10.3. The van der Waals surface area contributed by atoms with E-state index in [4.69, 9.17) is 9.47 Å². The molecule has 7 nitrogen and oxygen atoms in total. The lowest BCUT2D eigenvalue weighted by atomic mass is 10.2. The summed E-state index contributed by atoms with van der Waals surface area (Å²) in [6.45, 7) is 4.61. The summed E-state index contributed by atoms with van der Waals surface area (Å²) in [5.41, 5.74) is 2.33. The minimum Gasteiger partial charge on any atom is -0.493 e. The van der Waals surface area contributed by atoms with Crippen molar-refractivity contribution in [3.63, 3.8) is 0 Å². The Kier molecular flexibility index (Phi) is 8.23. The Hall–Kier alpha value is -1.74. The fourth-order valence-corrected chi connectivity index (χ4v) is 4.46. The van der Waals surface area contributed by atoms with Crippen LogP contribution in [-0.2, 0) is 20.1 Å². The number of methoxy groups -OCH3 is 1. The first-order valence-electron chi connectivity index (χ1n) is 9.97. The molecule has 3 rings (SSSR count). The Balaban J connectivity index is 1.51. The largest absolute Gasteiger partial charge is 0.493 e. The van der Waals surface area contributed by atoms with E-state index in [1.54, 1.807) is 7.11 Å². The molecule has 1 unspecified atom stereocenters. The molecule has 0 spiro atoms. The standard InChI is InChI=1S/C21H32N4O3S/c1-23(13-18-11-22-24(2)14-18)12-17-4-5-20(21(10-17)27-3)28-16-19(26)15-25-6-8-29-9-7-25/h4-5,10-11,14,19,26H,6-9,12-13,15-16H2,1-3H3. The van der Waals surface area contributed by atoms with Crippen LogP contribution in [0.15, 0.2) is 30.6 Å². The number of aryl methyl sites for hydroxylation is 1. The van der Waals surface area contributed by atoms with E-state index < -0.39 is 6.10 Å². The lowest BCUT2D eigenvalue weighted by Gasteiger charge is -2.28. The molecule has 2 aromatic rings. The lowest BCUT2D eigenvalue weighted by molar-refractivity contribution is 0.0704. The van der Waals surface area contributed by atoms with Crippen LogP contribution in [0.5, 0.6) is 11.5 Å². The number of aliphatic hydroxyl groups excluding tert-OH is 1. The number of benzene rings is 1. The van der Waals surface area contributed by atoms with E-state index in [-0.39, 0.29) is 6.61 Å². The van der Waals surface area contributed by atoms with E-state index in [1.807, 2.05) is 54.1 Å². The highest BCUT2D eigenvalue weighted by atomic mass is 32.2. The van der Waals surface area contributed by atoms with Crippen LogP contribution in [-0.4, -0.2) is 82.7 Å². The minimum absolute atomic E-state index is 0.264. The second-order valence-electron chi connectivity index (χ2n) is 7.56. The van der Waals surface area contributed by atoms with Crippen molar-refractivity contribution >= 4 is 11.8 Å². The highest BCUT2D eigenvalue weighted by Crippen LogP contribution is 2.29. The van der Waals surface area contributed by atoms with Gasteiger partial charge >= 0.3 is 0 Å². The summed E-state index contributed by atoms with van der Waals surface area (Å²) in [5.74, 6) is 3.63. The van der Waals surface area contributed by atoms with E-state index in [0.29, 0.717) is 18.0 Å². The number of rotatable bonds is 10. The summed E-state index contributed by atoms with van der Waals surface area (Å²) in [7, 11) is 5.65. The zero-order valence-electron chi connectivity index (χ0n) is 17.6. The number of β-amino-alcohol motifs (C(OH)–C–C–N with tert-alkyl or cyclic N) is 1. The smallest absolute Gasteiger partial charge is 0.161 e. The maximum absolute atomic E-state index is 10.3. The second-order valence-corrected chi connectivity index (χ2v) is 8.78. The number of aliphatic hydroxyl groups is 1. The van der Waals surface area contributed by atoms with Gasteiger partial charge in [-0.05, 0) is 24.7 Å². The molecule has 1 N–H and O–H groups in total. The van der Waals surface area contributed by atoms with E-state index in [0.717, 1.165) is 43.2 Å². The van der Waals surface area contributed by atoms with E-state index in [1.165, 1.54) is 5.56 Å². The highest BCUT2D eigenvalue weighted by molar-refractivity contribution is 7.99. The van der Waals surface area contributed by atoms with Gasteiger partial charge in [-0.25, -0.2) is 0 Å². The van der Waals surface area contributed by atoms with Crippen molar-refractivity contribution in [2.45, 2.75) is 19.2 Å². The molecule has 1 saturated heterocycles. The van der Waals surface area contributed by atoms with Crippen LogP contribution in [0.4, 0.5) is 0 Å². The van der Waals surface area contributed by atoms with Gasteiger partial charge in [0.2, 0.25) is 0 Å². The molecule has 1 aromatic heterocycles. The second kappa shape index (κ2) is 10.9. The lowest BCUT2D eigenvalue weighted by Crippen LogP contribution is -2.40. The Morgan fingerprint density at radius 3 is 2.66 bits per heavy atom. The molecule has 0 saturated carbocycles. The number of aromatic nitrogens is 2. The third-order valence-electron chi connectivity index (χ3n) is 4.90. The Bertz CT molecular complexity index is 764. The molecule has 0 amide bonds. The first-order valence-corrected chi connectivity index (χ1v) is 11.1. The van der Waals surface area contributed by atoms with Gasteiger partial charge in [0.05, 0.1) is 13.3 Å². The van der Waals surface area contributed by atoms with Gasteiger partial charge in [-0.3, -0.25) is 14.5 Å². The normalized spacial score (nSPS) is 16.2. The zero-order valence-corrected chi connectivity index (χ0v) is 18.4. The van der Waals surface area contributed by atoms with Gasteiger partial charge in [0, 0.05) is 63.0 Å². The van der Waals surface area contributed by atoms with Crippen LogP contribution in [0.25, 0.3) is 0 Å². The molecular formula is C21H32N4O3S. The third kappa shape index (κ3) is 6.92. The van der Waals surface area contributed by atoms with E-state index >= 15 is 0 Å². The van der Waals surface area contributed by atoms with Crippen molar-refractivity contribution < 1.29 is 14.6 Å². The molecule has 2 heterocycles. The monoisotopic (exact) mass is 420 g/mol. The average molecular weight is 421 g/mol. The summed E-state index contributed by atoms with van der Waals surface area (Å²) in [6, 6.07) is 5.98. The molecule has 8 heteroatoms. The van der Waals surface area contributed by atoms with Gasteiger partial charge in [0.1, 0.15) is 12.7 Å². The van der Waals surface area contributed by atoms with Crippen LogP contribution >= 0.6 is 11.8 Å². The SMILES string of the molecule is COc1cc(CN(C)Cc2cnn(C)c2)ccc1OCC(O)CN1CCSCC1. The number of hydrogen-bond donors (Lipinski definition) is 1. The van der Waals surface area contributed by atoms with E-state index in [2.05, 4.69) is 21.9 Å². The summed E-state index contributed by atoms with van der Waals surface area (Å²) in [5, 5.41) is 14.5. The first kappa shape index (κ1) is 22.0. The zero-order chi connectivity index (χ0) is 20.6. The minimum atomic E-state index is -0.506. The van der Waals surface area contributed by atoms with Gasteiger partial charge in [0.25, 0.3) is 0 Å².